The van der Waals surface area contributed by atoms with Gasteiger partial charge in [-0.1, -0.05) is 13.8 Å². The second kappa shape index (κ2) is 18.5. The van der Waals surface area contributed by atoms with Crippen LogP contribution < -0.4 is 14.2 Å². The van der Waals surface area contributed by atoms with Crippen molar-refractivity contribution in [3.8, 4) is 17.4 Å². The van der Waals surface area contributed by atoms with Gasteiger partial charge in [0.25, 0.3) is 0 Å². The van der Waals surface area contributed by atoms with Gasteiger partial charge in [0.15, 0.2) is 5.69 Å². The number of fused-ring (bicyclic) bond motifs is 2. The summed E-state index contributed by atoms with van der Waals surface area (Å²) in [5, 5.41) is 1.71. The molecular formula is C38H34F4N4O4S2. The quantitative estimate of drug-likeness (QED) is 0.0683. The molecule has 1 aliphatic carbocycles. The van der Waals surface area contributed by atoms with Crippen LogP contribution in [0.4, 0.5) is 17.6 Å². The molecule has 1 aliphatic rings. The number of benzene rings is 2. The number of alkyl halides is 1. The Hall–Kier alpha value is -4.95. The van der Waals surface area contributed by atoms with Crippen LogP contribution in [-0.4, -0.2) is 44.3 Å². The van der Waals surface area contributed by atoms with E-state index in [-0.39, 0.29) is 41.9 Å². The summed E-state index contributed by atoms with van der Waals surface area (Å²) in [6, 6.07) is 14.6. The fourth-order valence-corrected chi connectivity index (χ4v) is 6.58. The van der Waals surface area contributed by atoms with E-state index < -0.39 is 12.9 Å². The lowest BCUT2D eigenvalue weighted by atomic mass is 10.2. The predicted molar refractivity (Wildman–Crippen MR) is 195 cm³/mol. The molecule has 7 rings (SSSR count). The minimum atomic E-state index is -1.65. The molecule has 0 unspecified atom stereocenters. The molecule has 4 aromatic heterocycles. The van der Waals surface area contributed by atoms with Crippen LogP contribution in [0.1, 0.15) is 48.3 Å². The highest BCUT2D eigenvalue weighted by Crippen LogP contribution is 2.39. The van der Waals surface area contributed by atoms with Gasteiger partial charge in [0, 0.05) is 50.6 Å². The molecule has 0 radical (unpaired) electrons. The Morgan fingerprint density at radius 1 is 0.731 bits per heavy atom. The van der Waals surface area contributed by atoms with Crippen LogP contribution in [0.2, 0.25) is 0 Å². The molecule has 6 aromatic rings. The zero-order valence-electron chi connectivity index (χ0n) is 28.4. The van der Waals surface area contributed by atoms with Crippen molar-refractivity contribution in [2.24, 2.45) is 0 Å². The highest BCUT2D eigenvalue weighted by atomic mass is 32.2. The molecule has 270 valence electrons. The normalized spacial score (nSPS) is 12.0. The van der Waals surface area contributed by atoms with Gasteiger partial charge < -0.3 is 14.2 Å². The van der Waals surface area contributed by atoms with Crippen molar-refractivity contribution in [3.63, 3.8) is 0 Å². The van der Waals surface area contributed by atoms with Gasteiger partial charge in [-0.05, 0) is 90.9 Å². The fraction of sp³-hybridized carbons (Fsp3) is 0.237. The number of halogens is 4. The summed E-state index contributed by atoms with van der Waals surface area (Å²) in [6.45, 7) is 3.36. The second-order valence-electron chi connectivity index (χ2n) is 10.9. The lowest BCUT2D eigenvalue weighted by molar-refractivity contribution is 0.0832. The van der Waals surface area contributed by atoms with Gasteiger partial charge in [-0.25, -0.2) is 23.1 Å². The zero-order valence-corrected chi connectivity index (χ0v) is 30.1. The summed E-state index contributed by atoms with van der Waals surface area (Å²) >= 11 is 3.14. The third-order valence-electron chi connectivity index (χ3n) is 7.30. The van der Waals surface area contributed by atoms with Crippen LogP contribution >= 0.6 is 23.5 Å². The minimum absolute atomic E-state index is 0.107. The van der Waals surface area contributed by atoms with E-state index in [4.69, 9.17) is 14.2 Å². The van der Waals surface area contributed by atoms with Crippen molar-refractivity contribution in [2.75, 3.05) is 13.1 Å². The van der Waals surface area contributed by atoms with E-state index in [1.807, 2.05) is 32.2 Å². The third kappa shape index (κ3) is 10.1. The Morgan fingerprint density at radius 3 is 1.85 bits per heavy atom. The second-order valence-corrected chi connectivity index (χ2v) is 13.2. The highest BCUT2D eigenvalue weighted by Gasteiger charge is 2.23. The maximum Gasteiger partial charge on any atom is 0.352 e. The van der Waals surface area contributed by atoms with E-state index in [1.165, 1.54) is 73.7 Å². The number of pyridine rings is 4. The van der Waals surface area contributed by atoms with Crippen LogP contribution in [0.3, 0.4) is 0 Å². The number of carbonyl (C=O) groups excluding carboxylic acids is 1. The lowest BCUT2D eigenvalue weighted by Gasteiger charge is -2.11. The predicted octanol–water partition coefficient (Wildman–Crippen LogP) is 10.1. The smallest absolute Gasteiger partial charge is 0.352 e. The number of ether oxygens (including phenoxy) is 3. The molecule has 0 spiro atoms. The fourth-order valence-electron chi connectivity index (χ4n) is 4.93. The van der Waals surface area contributed by atoms with Crippen LogP contribution in [0, 0.1) is 11.6 Å². The Bertz CT molecular complexity index is 2160. The van der Waals surface area contributed by atoms with Gasteiger partial charge in [-0.2, -0.15) is 4.39 Å². The van der Waals surface area contributed by atoms with Crippen molar-refractivity contribution in [3.05, 3.63) is 114 Å². The highest BCUT2D eigenvalue weighted by molar-refractivity contribution is 8.00. The number of nitrogens with zero attached hydrogens (tertiary/aromatic N) is 4. The maximum atomic E-state index is 13.9. The molecule has 14 heteroatoms. The van der Waals surface area contributed by atoms with Gasteiger partial charge in [0.2, 0.25) is 12.7 Å². The van der Waals surface area contributed by atoms with Gasteiger partial charge in [-0.3, -0.25) is 14.8 Å². The molecule has 1 fully saturated rings. The number of rotatable bonds is 12. The van der Waals surface area contributed by atoms with Crippen molar-refractivity contribution in [2.45, 2.75) is 54.9 Å². The van der Waals surface area contributed by atoms with Gasteiger partial charge in [0.1, 0.15) is 47.4 Å². The molecule has 4 heterocycles. The van der Waals surface area contributed by atoms with Crippen molar-refractivity contribution in [1.29, 1.82) is 0 Å². The zero-order chi connectivity index (χ0) is 37.0. The minimum Gasteiger partial charge on any atom is -0.488 e. The Kier molecular flexibility index (Phi) is 13.6. The van der Waals surface area contributed by atoms with Gasteiger partial charge >= 0.3 is 6.04 Å². The standard InChI is InChI=1S/C19H14F2N2O2S.C17H14F2N2O2S.C2H6/c20-12-7-11(8-14(9-12)26-13-1-2-13)10-25-16-4-6-22-17-15(16)3-5-23-18(17)19(21)24;1-24-13-7-11(6-12(19)8-13)9-22-15-3-5-20-16-14(15)2-4-21-17(16)23-10-18;1-2/h3-9,13H,1-2,10H2;2-8H,9-10H2,1H3;1-2H3. The topological polar surface area (TPSA) is 96.3 Å². The van der Waals surface area contributed by atoms with Crippen molar-refractivity contribution < 1.29 is 36.6 Å². The first-order chi connectivity index (χ1) is 25.3. The number of hydrogen-bond donors (Lipinski definition) is 0. The van der Waals surface area contributed by atoms with E-state index in [0.29, 0.717) is 38.6 Å². The molecular weight excluding hydrogens is 717 g/mol. The summed E-state index contributed by atoms with van der Waals surface area (Å²) in [5.74, 6) is 0.476. The molecule has 52 heavy (non-hydrogen) atoms. The summed E-state index contributed by atoms with van der Waals surface area (Å²) in [5.41, 5.74) is 1.63. The summed E-state index contributed by atoms with van der Waals surface area (Å²) < 4.78 is 69.4. The molecule has 0 atom stereocenters. The number of hydrogen-bond acceptors (Lipinski definition) is 10. The first-order valence-electron chi connectivity index (χ1n) is 16.2. The SMILES string of the molecule is CC.CSc1cc(F)cc(COc2ccnc3c(OCF)nccc23)c1.O=C(F)c1nccc2c(OCc3cc(F)cc(SC4CC4)c3)ccnc12. The average molecular weight is 751 g/mol. The number of thioether (sulfide) groups is 2. The van der Waals surface area contributed by atoms with E-state index >= 15 is 0 Å². The maximum absolute atomic E-state index is 13.9. The molecule has 0 bridgehead atoms. The van der Waals surface area contributed by atoms with Crippen molar-refractivity contribution in [1.82, 2.24) is 19.9 Å². The van der Waals surface area contributed by atoms with E-state index in [9.17, 15) is 22.4 Å². The number of aromatic nitrogens is 4. The van der Waals surface area contributed by atoms with E-state index in [0.717, 1.165) is 15.4 Å². The average Bonchev–Trinajstić information content (AvgIpc) is 3.97. The monoisotopic (exact) mass is 750 g/mol. The van der Waals surface area contributed by atoms with Crippen LogP contribution in [0.15, 0.2) is 95.2 Å². The summed E-state index contributed by atoms with van der Waals surface area (Å²) in [6.07, 6.45) is 10.00. The van der Waals surface area contributed by atoms with Crippen molar-refractivity contribution >= 4 is 51.4 Å². The third-order valence-corrected chi connectivity index (χ3v) is 9.32. The Balaban J connectivity index is 0.000000193. The Labute approximate surface area is 306 Å². The van der Waals surface area contributed by atoms with Gasteiger partial charge in [0.05, 0.1) is 0 Å². The summed E-state index contributed by atoms with van der Waals surface area (Å²) in [4.78, 5) is 28.6. The lowest BCUT2D eigenvalue weighted by Crippen LogP contribution is -2.01. The molecule has 0 aliphatic heterocycles. The van der Waals surface area contributed by atoms with Crippen LogP contribution in [0.5, 0.6) is 17.4 Å². The molecule has 2 aromatic carbocycles. The molecule has 8 nitrogen and oxygen atoms in total. The molecule has 0 amide bonds. The Morgan fingerprint density at radius 2 is 1.27 bits per heavy atom. The molecule has 0 N–H and O–H groups in total. The van der Waals surface area contributed by atoms with Gasteiger partial charge in [-0.15, -0.1) is 23.5 Å². The largest absolute Gasteiger partial charge is 0.488 e. The first-order valence-corrected chi connectivity index (χ1v) is 18.3. The summed E-state index contributed by atoms with van der Waals surface area (Å²) in [7, 11) is 0. The van der Waals surface area contributed by atoms with E-state index in [2.05, 4.69) is 19.9 Å². The van der Waals surface area contributed by atoms with Crippen LogP contribution in [0.25, 0.3) is 21.8 Å². The van der Waals surface area contributed by atoms with E-state index in [1.54, 1.807) is 36.0 Å². The van der Waals surface area contributed by atoms with Crippen LogP contribution in [-0.2, 0) is 13.2 Å². The first kappa shape index (κ1) is 38.3. The molecule has 0 saturated heterocycles. The number of carbonyl (C=O) groups is 1. The molecule has 1 saturated carbocycles.